The van der Waals surface area contributed by atoms with E-state index in [-0.39, 0.29) is 33.8 Å². The minimum atomic E-state index is -0.633. The summed E-state index contributed by atoms with van der Waals surface area (Å²) in [4.78, 5) is 24.1. The molecule has 0 radical (unpaired) electrons. The van der Waals surface area contributed by atoms with Crippen LogP contribution in [0.4, 0.5) is 5.69 Å². The van der Waals surface area contributed by atoms with Crippen molar-refractivity contribution >= 4 is 34.8 Å². The molecule has 8 heteroatoms. The SMILES string of the molecule is CC1CCN(C(=O)c2cc([N+](=O)[O-])cc(Cl)c2Cl)CC1O. The first kappa shape index (κ1) is 16.0. The summed E-state index contributed by atoms with van der Waals surface area (Å²) in [5.74, 6) is -0.352. The van der Waals surface area contributed by atoms with Gasteiger partial charge in [-0.1, -0.05) is 30.1 Å². The van der Waals surface area contributed by atoms with E-state index in [9.17, 15) is 20.0 Å². The van der Waals surface area contributed by atoms with Crippen LogP contribution in [0.15, 0.2) is 12.1 Å². The summed E-state index contributed by atoms with van der Waals surface area (Å²) >= 11 is 11.8. The average molecular weight is 333 g/mol. The number of likely N-dealkylation sites (tertiary alicyclic amines) is 1. The maximum atomic E-state index is 12.4. The van der Waals surface area contributed by atoms with Crippen LogP contribution in [0, 0.1) is 16.0 Å². The van der Waals surface area contributed by atoms with E-state index in [0.29, 0.717) is 13.0 Å². The second-order valence-electron chi connectivity index (χ2n) is 5.13. The van der Waals surface area contributed by atoms with Gasteiger partial charge in [-0.15, -0.1) is 0 Å². The van der Waals surface area contributed by atoms with Gasteiger partial charge in [-0.2, -0.15) is 0 Å². The Bertz CT molecular complexity index is 594. The number of non-ortho nitro benzene ring substituents is 1. The van der Waals surface area contributed by atoms with Crippen molar-refractivity contribution in [3.63, 3.8) is 0 Å². The maximum absolute atomic E-state index is 12.4. The molecule has 1 N–H and O–H groups in total. The molecule has 1 aliphatic rings. The Hall–Kier alpha value is -1.37. The molecule has 1 heterocycles. The van der Waals surface area contributed by atoms with Crippen LogP contribution < -0.4 is 0 Å². The standard InChI is InChI=1S/C13H14Cl2N2O4/c1-7-2-3-16(6-11(7)18)13(19)9-4-8(17(20)21)5-10(14)12(9)15/h4-5,7,11,18H,2-3,6H2,1H3. The molecule has 1 aromatic carbocycles. The number of nitrogens with zero attached hydrogens (tertiary/aromatic N) is 2. The highest BCUT2D eigenvalue weighted by atomic mass is 35.5. The van der Waals surface area contributed by atoms with Crippen molar-refractivity contribution in [2.45, 2.75) is 19.4 Å². The Balaban J connectivity index is 2.33. The molecular weight excluding hydrogens is 319 g/mol. The number of carbonyl (C=O) groups is 1. The molecule has 2 unspecified atom stereocenters. The third kappa shape index (κ3) is 3.28. The first-order valence-corrected chi connectivity index (χ1v) is 7.17. The van der Waals surface area contributed by atoms with E-state index in [1.807, 2.05) is 6.92 Å². The van der Waals surface area contributed by atoms with Gasteiger partial charge in [0.2, 0.25) is 0 Å². The second kappa shape index (κ2) is 6.17. The highest BCUT2D eigenvalue weighted by Crippen LogP contribution is 2.32. The second-order valence-corrected chi connectivity index (χ2v) is 5.92. The van der Waals surface area contributed by atoms with Gasteiger partial charge < -0.3 is 10.0 Å². The molecule has 2 rings (SSSR count). The van der Waals surface area contributed by atoms with E-state index in [1.54, 1.807) is 0 Å². The number of benzene rings is 1. The molecule has 1 amide bonds. The predicted molar refractivity (Wildman–Crippen MR) is 78.8 cm³/mol. The van der Waals surface area contributed by atoms with Crippen LogP contribution >= 0.6 is 23.2 Å². The van der Waals surface area contributed by atoms with Gasteiger partial charge in [-0.25, -0.2) is 0 Å². The van der Waals surface area contributed by atoms with Gasteiger partial charge in [-0.3, -0.25) is 14.9 Å². The molecule has 1 saturated heterocycles. The van der Waals surface area contributed by atoms with E-state index in [4.69, 9.17) is 23.2 Å². The van der Waals surface area contributed by atoms with Crippen molar-refractivity contribution in [3.05, 3.63) is 37.9 Å². The largest absolute Gasteiger partial charge is 0.391 e. The number of hydrogen-bond donors (Lipinski definition) is 1. The van der Waals surface area contributed by atoms with Gasteiger partial charge in [0, 0.05) is 25.2 Å². The van der Waals surface area contributed by atoms with Crippen LogP contribution in [0.1, 0.15) is 23.7 Å². The van der Waals surface area contributed by atoms with Crippen LogP contribution in [0.3, 0.4) is 0 Å². The number of nitro benzene ring substituents is 1. The highest BCUT2D eigenvalue weighted by Gasteiger charge is 2.30. The zero-order valence-corrected chi connectivity index (χ0v) is 12.8. The molecule has 0 saturated carbocycles. The lowest BCUT2D eigenvalue weighted by molar-refractivity contribution is -0.384. The number of aliphatic hydroxyl groups excluding tert-OH is 1. The molecule has 0 aromatic heterocycles. The number of amides is 1. The highest BCUT2D eigenvalue weighted by molar-refractivity contribution is 6.44. The zero-order chi connectivity index (χ0) is 15.7. The van der Waals surface area contributed by atoms with Crippen LogP contribution in [0.2, 0.25) is 10.0 Å². The van der Waals surface area contributed by atoms with E-state index in [2.05, 4.69) is 0 Å². The quantitative estimate of drug-likeness (QED) is 0.666. The van der Waals surface area contributed by atoms with Gasteiger partial charge in [0.1, 0.15) is 0 Å². The van der Waals surface area contributed by atoms with Crippen molar-refractivity contribution in [1.82, 2.24) is 4.90 Å². The summed E-state index contributed by atoms with van der Waals surface area (Å²) in [7, 11) is 0. The lowest BCUT2D eigenvalue weighted by Gasteiger charge is -2.34. The first-order valence-electron chi connectivity index (χ1n) is 6.42. The molecule has 1 fully saturated rings. The Morgan fingerprint density at radius 3 is 2.71 bits per heavy atom. The van der Waals surface area contributed by atoms with Gasteiger partial charge in [0.05, 0.1) is 26.6 Å². The number of nitro groups is 1. The minimum Gasteiger partial charge on any atom is -0.391 e. The van der Waals surface area contributed by atoms with Crippen LogP contribution in [-0.2, 0) is 0 Å². The summed E-state index contributed by atoms with van der Waals surface area (Å²) in [5, 5.41) is 20.6. The zero-order valence-electron chi connectivity index (χ0n) is 11.3. The summed E-state index contributed by atoms with van der Waals surface area (Å²) < 4.78 is 0. The number of β-amino-alcohol motifs (C(OH)–C–C–N with tert-alkyl or cyclic N) is 1. The van der Waals surface area contributed by atoms with Crippen molar-refractivity contribution in [1.29, 1.82) is 0 Å². The molecule has 114 valence electrons. The fourth-order valence-electron chi connectivity index (χ4n) is 2.24. The van der Waals surface area contributed by atoms with Crippen molar-refractivity contribution in [2.24, 2.45) is 5.92 Å². The smallest absolute Gasteiger partial charge is 0.271 e. The lowest BCUT2D eigenvalue weighted by Crippen LogP contribution is -2.45. The number of piperidine rings is 1. The van der Waals surface area contributed by atoms with Crippen molar-refractivity contribution in [2.75, 3.05) is 13.1 Å². The molecule has 21 heavy (non-hydrogen) atoms. The number of halogens is 2. The average Bonchev–Trinajstić information content (AvgIpc) is 2.43. The molecular formula is C13H14Cl2N2O4. The Labute approximate surface area is 131 Å². The van der Waals surface area contributed by atoms with E-state index >= 15 is 0 Å². The third-order valence-electron chi connectivity index (χ3n) is 3.66. The van der Waals surface area contributed by atoms with E-state index < -0.39 is 16.9 Å². The van der Waals surface area contributed by atoms with E-state index in [0.717, 1.165) is 12.1 Å². The Kier molecular flexibility index (Phi) is 4.70. The minimum absolute atomic E-state index is 0.0135. The molecule has 6 nitrogen and oxygen atoms in total. The molecule has 0 bridgehead atoms. The predicted octanol–water partition coefficient (Wildman–Crippen LogP) is 2.74. The Morgan fingerprint density at radius 2 is 2.14 bits per heavy atom. The van der Waals surface area contributed by atoms with Crippen molar-refractivity contribution < 1.29 is 14.8 Å². The molecule has 0 spiro atoms. The number of aliphatic hydroxyl groups is 1. The Morgan fingerprint density at radius 1 is 1.48 bits per heavy atom. The fraction of sp³-hybridized carbons (Fsp3) is 0.462. The van der Waals surface area contributed by atoms with Gasteiger partial charge >= 0.3 is 0 Å². The summed E-state index contributed by atoms with van der Waals surface area (Å²) in [6.07, 6.45) is 0.0448. The van der Waals surface area contributed by atoms with Crippen LogP contribution in [-0.4, -0.2) is 40.0 Å². The van der Waals surface area contributed by atoms with Crippen molar-refractivity contribution in [3.8, 4) is 0 Å². The summed E-state index contributed by atoms with van der Waals surface area (Å²) in [6.45, 7) is 2.55. The normalized spacial score (nSPS) is 22.2. The monoisotopic (exact) mass is 332 g/mol. The lowest BCUT2D eigenvalue weighted by atomic mass is 9.95. The fourth-order valence-corrected chi connectivity index (χ4v) is 2.64. The van der Waals surface area contributed by atoms with Crippen LogP contribution in [0.25, 0.3) is 0 Å². The van der Waals surface area contributed by atoms with Gasteiger partial charge in [-0.05, 0) is 12.3 Å². The maximum Gasteiger partial charge on any atom is 0.271 e. The van der Waals surface area contributed by atoms with E-state index in [1.165, 1.54) is 4.90 Å². The molecule has 0 aliphatic carbocycles. The van der Waals surface area contributed by atoms with Crippen LogP contribution in [0.5, 0.6) is 0 Å². The number of rotatable bonds is 2. The molecule has 2 atom stereocenters. The topological polar surface area (TPSA) is 83.7 Å². The first-order chi connectivity index (χ1) is 9.81. The number of carbonyl (C=O) groups excluding carboxylic acids is 1. The summed E-state index contributed by atoms with van der Waals surface area (Å²) in [6, 6.07) is 2.22. The summed E-state index contributed by atoms with van der Waals surface area (Å²) in [5.41, 5.74) is -0.309. The third-order valence-corrected chi connectivity index (χ3v) is 4.46. The molecule has 1 aromatic rings. The van der Waals surface area contributed by atoms with Gasteiger partial charge in [0.15, 0.2) is 0 Å². The molecule has 1 aliphatic heterocycles. The van der Waals surface area contributed by atoms with Gasteiger partial charge in [0.25, 0.3) is 11.6 Å². The number of hydrogen-bond acceptors (Lipinski definition) is 4.